The molecule has 7 nitrogen and oxygen atoms in total. The Kier molecular flexibility index (Phi) is 6.51. The number of likely N-dealkylation sites (tertiary alicyclic amines) is 2. The predicted molar refractivity (Wildman–Crippen MR) is 118 cm³/mol. The van der Waals surface area contributed by atoms with Gasteiger partial charge in [-0.05, 0) is 74.2 Å². The lowest BCUT2D eigenvalue weighted by Crippen LogP contribution is -2.48. The van der Waals surface area contributed by atoms with E-state index in [0.717, 1.165) is 12.8 Å². The number of hydrogen-bond donors (Lipinski definition) is 2. The number of ether oxygens (including phenoxy) is 2. The van der Waals surface area contributed by atoms with Crippen LogP contribution in [0.5, 0.6) is 23.0 Å². The molecular formula is C24H30N2O5. The molecule has 2 aliphatic rings. The standard InChI is InChI=1S/C24H30N2O5/c1-30-20-13-18(17-5-6-22(27)23(28)15-17)14-21(16-20)31-24(29)26-11-7-19(8-12-26)25-9-3-2-4-10-25/h5-6,13-16,19,27-28H,2-4,7-12H2,1H3. The van der Waals surface area contributed by atoms with Gasteiger partial charge in [0.15, 0.2) is 11.5 Å². The van der Waals surface area contributed by atoms with Crippen LogP contribution >= 0.6 is 0 Å². The minimum Gasteiger partial charge on any atom is -0.504 e. The van der Waals surface area contributed by atoms with E-state index in [1.165, 1.54) is 44.5 Å². The molecule has 0 unspecified atom stereocenters. The van der Waals surface area contributed by atoms with Gasteiger partial charge in [0, 0.05) is 25.2 Å². The van der Waals surface area contributed by atoms with E-state index in [4.69, 9.17) is 9.47 Å². The normalized spacial score (nSPS) is 18.0. The SMILES string of the molecule is COc1cc(OC(=O)N2CCC(N3CCCCC3)CC2)cc(-c2ccc(O)c(O)c2)c1. The van der Waals surface area contributed by atoms with Gasteiger partial charge in [-0.2, -0.15) is 0 Å². The average molecular weight is 427 g/mol. The highest BCUT2D eigenvalue weighted by atomic mass is 16.6. The molecule has 1 amide bonds. The predicted octanol–water partition coefficient (Wildman–Crippen LogP) is 4.22. The molecule has 7 heteroatoms. The third-order valence-electron chi connectivity index (χ3n) is 6.26. The Morgan fingerprint density at radius 2 is 1.58 bits per heavy atom. The summed E-state index contributed by atoms with van der Waals surface area (Å²) in [6.07, 6.45) is 5.48. The second-order valence-corrected chi connectivity index (χ2v) is 8.28. The summed E-state index contributed by atoms with van der Waals surface area (Å²) in [5.74, 6) is 0.517. The molecular weight excluding hydrogens is 396 g/mol. The fraction of sp³-hybridized carbons (Fsp3) is 0.458. The number of phenols is 2. The maximum absolute atomic E-state index is 12.8. The molecule has 2 N–H and O–H groups in total. The lowest BCUT2D eigenvalue weighted by atomic mass is 10.0. The number of methoxy groups -OCH3 is 1. The number of amides is 1. The van der Waals surface area contributed by atoms with Crippen LogP contribution in [0.3, 0.4) is 0 Å². The van der Waals surface area contributed by atoms with E-state index in [2.05, 4.69) is 4.90 Å². The summed E-state index contributed by atoms with van der Waals surface area (Å²) in [7, 11) is 1.55. The number of carbonyl (C=O) groups excluding carboxylic acids is 1. The zero-order valence-corrected chi connectivity index (χ0v) is 17.9. The molecule has 0 radical (unpaired) electrons. The van der Waals surface area contributed by atoms with Crippen LogP contribution in [0.1, 0.15) is 32.1 Å². The van der Waals surface area contributed by atoms with Crippen LogP contribution in [0.15, 0.2) is 36.4 Å². The third-order valence-corrected chi connectivity index (χ3v) is 6.26. The number of nitrogens with zero attached hydrogens (tertiary/aromatic N) is 2. The quantitative estimate of drug-likeness (QED) is 0.713. The molecule has 2 aliphatic heterocycles. The highest BCUT2D eigenvalue weighted by Gasteiger charge is 2.28. The first-order chi connectivity index (χ1) is 15.0. The van der Waals surface area contributed by atoms with E-state index in [9.17, 15) is 15.0 Å². The first kappa shape index (κ1) is 21.3. The Hall–Kier alpha value is -2.93. The van der Waals surface area contributed by atoms with Gasteiger partial charge in [-0.3, -0.25) is 0 Å². The number of rotatable bonds is 4. The van der Waals surface area contributed by atoms with Crippen molar-refractivity contribution in [3.63, 3.8) is 0 Å². The summed E-state index contributed by atoms with van der Waals surface area (Å²) in [6.45, 7) is 3.74. The first-order valence-corrected chi connectivity index (χ1v) is 11.0. The Labute approximate surface area is 182 Å². The van der Waals surface area contributed by atoms with Gasteiger partial charge < -0.3 is 29.5 Å². The fourth-order valence-electron chi connectivity index (χ4n) is 4.48. The van der Waals surface area contributed by atoms with Gasteiger partial charge in [0.1, 0.15) is 11.5 Å². The highest BCUT2D eigenvalue weighted by molar-refractivity contribution is 5.74. The van der Waals surface area contributed by atoms with E-state index in [1.807, 2.05) is 0 Å². The molecule has 2 aromatic carbocycles. The molecule has 166 valence electrons. The van der Waals surface area contributed by atoms with Crippen LogP contribution in [0.25, 0.3) is 11.1 Å². The second kappa shape index (κ2) is 9.47. The fourth-order valence-corrected chi connectivity index (χ4v) is 4.48. The molecule has 4 rings (SSSR count). The number of aromatic hydroxyl groups is 2. The smallest absolute Gasteiger partial charge is 0.415 e. The molecule has 2 saturated heterocycles. The van der Waals surface area contributed by atoms with Crippen LogP contribution < -0.4 is 9.47 Å². The Morgan fingerprint density at radius 3 is 2.26 bits per heavy atom. The highest BCUT2D eigenvalue weighted by Crippen LogP contribution is 2.34. The van der Waals surface area contributed by atoms with E-state index in [0.29, 0.717) is 41.8 Å². The number of benzene rings is 2. The lowest BCUT2D eigenvalue weighted by Gasteiger charge is -2.39. The van der Waals surface area contributed by atoms with Crippen molar-refractivity contribution in [3.8, 4) is 34.1 Å². The monoisotopic (exact) mass is 426 g/mol. The van der Waals surface area contributed by atoms with Gasteiger partial charge >= 0.3 is 6.09 Å². The summed E-state index contributed by atoms with van der Waals surface area (Å²) in [5, 5.41) is 19.4. The Bertz CT molecular complexity index is 918. The zero-order valence-electron chi connectivity index (χ0n) is 17.9. The van der Waals surface area contributed by atoms with Crippen LogP contribution in [-0.4, -0.2) is 65.4 Å². The molecule has 2 aromatic rings. The number of piperidine rings is 2. The number of hydrogen-bond acceptors (Lipinski definition) is 6. The first-order valence-electron chi connectivity index (χ1n) is 11.0. The number of carbonyl (C=O) groups is 1. The van der Waals surface area contributed by atoms with Crippen LogP contribution in [0.4, 0.5) is 4.79 Å². The minimum absolute atomic E-state index is 0.189. The minimum atomic E-state index is -0.357. The number of phenolic OH excluding ortho intramolecular Hbond substituents is 2. The maximum atomic E-state index is 12.8. The summed E-state index contributed by atoms with van der Waals surface area (Å²) in [4.78, 5) is 17.1. The lowest BCUT2D eigenvalue weighted by molar-refractivity contribution is 0.0878. The summed E-state index contributed by atoms with van der Waals surface area (Å²) >= 11 is 0. The third kappa shape index (κ3) is 5.05. The van der Waals surface area contributed by atoms with Gasteiger partial charge in [-0.15, -0.1) is 0 Å². The Balaban J connectivity index is 1.42. The van der Waals surface area contributed by atoms with Gasteiger partial charge in [-0.25, -0.2) is 4.79 Å². The van der Waals surface area contributed by atoms with Gasteiger partial charge in [0.05, 0.1) is 7.11 Å². The van der Waals surface area contributed by atoms with Crippen LogP contribution in [0.2, 0.25) is 0 Å². The molecule has 0 spiro atoms. The molecule has 2 heterocycles. The molecule has 2 fully saturated rings. The van der Waals surface area contributed by atoms with Crippen molar-refractivity contribution < 1.29 is 24.5 Å². The maximum Gasteiger partial charge on any atom is 0.415 e. The zero-order chi connectivity index (χ0) is 21.8. The summed E-state index contributed by atoms with van der Waals surface area (Å²) in [6, 6.07) is 10.3. The van der Waals surface area contributed by atoms with E-state index in [1.54, 1.807) is 36.3 Å². The van der Waals surface area contributed by atoms with Gasteiger partial charge in [0.25, 0.3) is 0 Å². The molecule has 0 bridgehead atoms. The van der Waals surface area contributed by atoms with Gasteiger partial charge in [-0.1, -0.05) is 12.5 Å². The van der Waals surface area contributed by atoms with E-state index < -0.39 is 0 Å². The summed E-state index contributed by atoms with van der Waals surface area (Å²) in [5.41, 5.74) is 1.38. The van der Waals surface area contributed by atoms with Crippen LogP contribution in [0, 0.1) is 0 Å². The van der Waals surface area contributed by atoms with Gasteiger partial charge in [0.2, 0.25) is 0 Å². The van der Waals surface area contributed by atoms with E-state index >= 15 is 0 Å². The van der Waals surface area contributed by atoms with Crippen molar-refractivity contribution in [1.82, 2.24) is 9.80 Å². The van der Waals surface area contributed by atoms with Crippen molar-refractivity contribution in [2.45, 2.75) is 38.1 Å². The van der Waals surface area contributed by atoms with Crippen molar-refractivity contribution >= 4 is 6.09 Å². The summed E-state index contributed by atoms with van der Waals surface area (Å²) < 4.78 is 11.0. The molecule has 0 aliphatic carbocycles. The van der Waals surface area contributed by atoms with Crippen molar-refractivity contribution in [3.05, 3.63) is 36.4 Å². The van der Waals surface area contributed by atoms with Crippen molar-refractivity contribution in [1.29, 1.82) is 0 Å². The van der Waals surface area contributed by atoms with Crippen LogP contribution in [-0.2, 0) is 0 Å². The average Bonchev–Trinajstić information content (AvgIpc) is 2.81. The topological polar surface area (TPSA) is 82.5 Å². The van der Waals surface area contributed by atoms with Crippen molar-refractivity contribution in [2.75, 3.05) is 33.3 Å². The van der Waals surface area contributed by atoms with E-state index in [-0.39, 0.29) is 17.6 Å². The molecule has 0 atom stereocenters. The molecule has 0 saturated carbocycles. The molecule has 31 heavy (non-hydrogen) atoms. The largest absolute Gasteiger partial charge is 0.504 e. The Morgan fingerprint density at radius 1 is 0.871 bits per heavy atom. The van der Waals surface area contributed by atoms with Crippen molar-refractivity contribution in [2.24, 2.45) is 0 Å². The molecule has 0 aromatic heterocycles. The second-order valence-electron chi connectivity index (χ2n) is 8.28.